The highest BCUT2D eigenvalue weighted by Gasteiger charge is 2.56. The number of carbonyl (C=O) groups excluding carboxylic acids is 3. The molecule has 3 aromatic rings. The number of anilines is 2. The van der Waals surface area contributed by atoms with E-state index in [1.54, 1.807) is 37.3 Å². The zero-order valence-electron chi connectivity index (χ0n) is 22.5. The van der Waals surface area contributed by atoms with Crippen LogP contribution in [0.3, 0.4) is 0 Å². The molecule has 0 aromatic heterocycles. The average molecular weight is 531 g/mol. The van der Waals surface area contributed by atoms with Gasteiger partial charge in [-0.15, -0.1) is 0 Å². The first-order valence-electron chi connectivity index (χ1n) is 13.0. The second kappa shape index (κ2) is 11.3. The summed E-state index contributed by atoms with van der Waals surface area (Å²) in [7, 11) is 0. The van der Waals surface area contributed by atoms with E-state index < -0.39 is 41.0 Å². The molecule has 0 bridgehead atoms. The monoisotopic (exact) mass is 530 g/mol. The number of ketones is 1. The van der Waals surface area contributed by atoms with Gasteiger partial charge in [-0.1, -0.05) is 42.5 Å². The normalized spacial score (nSPS) is 22.7. The number of phenolic OH excluding ortho intramolecular Hbond substituents is 1. The van der Waals surface area contributed by atoms with Crippen molar-refractivity contribution in [3.05, 3.63) is 83.4 Å². The third kappa shape index (κ3) is 5.81. The fourth-order valence-electron chi connectivity index (χ4n) is 5.35. The van der Waals surface area contributed by atoms with Gasteiger partial charge in [-0.25, -0.2) is 0 Å². The van der Waals surface area contributed by atoms with E-state index in [0.717, 1.165) is 11.1 Å². The van der Waals surface area contributed by atoms with Gasteiger partial charge in [0, 0.05) is 23.7 Å². The third-order valence-electron chi connectivity index (χ3n) is 7.31. The fraction of sp³-hybridized carbons (Fsp3) is 0.323. The highest BCUT2D eigenvalue weighted by Crippen LogP contribution is 2.48. The predicted octanol–water partition coefficient (Wildman–Crippen LogP) is 4.72. The zero-order valence-corrected chi connectivity index (χ0v) is 22.5. The number of amides is 2. The van der Waals surface area contributed by atoms with Crippen LogP contribution in [-0.4, -0.2) is 40.0 Å². The number of hydrogen-bond acceptors (Lipinski definition) is 6. The molecule has 4 unspecified atom stereocenters. The highest BCUT2D eigenvalue weighted by molar-refractivity contribution is 6.10. The van der Waals surface area contributed by atoms with E-state index in [0.29, 0.717) is 16.9 Å². The topological polar surface area (TPSA) is 125 Å². The summed E-state index contributed by atoms with van der Waals surface area (Å²) in [4.78, 5) is 41.2. The summed E-state index contributed by atoms with van der Waals surface area (Å²) in [5, 5.41) is 27.6. The molecule has 1 saturated carbocycles. The van der Waals surface area contributed by atoms with Crippen molar-refractivity contribution >= 4 is 29.0 Å². The van der Waals surface area contributed by atoms with Crippen LogP contribution in [0.2, 0.25) is 0 Å². The summed E-state index contributed by atoms with van der Waals surface area (Å²) in [6.45, 7) is 7.17. The summed E-state index contributed by atoms with van der Waals surface area (Å²) >= 11 is 0. The van der Waals surface area contributed by atoms with E-state index in [9.17, 15) is 24.6 Å². The number of ether oxygens (including phenoxy) is 1. The molecule has 204 valence electrons. The second-order valence-corrected chi connectivity index (χ2v) is 10.2. The van der Waals surface area contributed by atoms with Crippen molar-refractivity contribution in [3.8, 4) is 11.5 Å². The third-order valence-corrected chi connectivity index (χ3v) is 7.31. The number of hydrogen-bond donors (Lipinski definition) is 4. The van der Waals surface area contributed by atoms with Gasteiger partial charge in [0.1, 0.15) is 11.7 Å². The number of aromatic hydroxyl groups is 1. The van der Waals surface area contributed by atoms with Crippen LogP contribution in [0.15, 0.2) is 66.7 Å². The Morgan fingerprint density at radius 1 is 0.949 bits per heavy atom. The number of nitrogens with one attached hydrogen (secondary N) is 2. The van der Waals surface area contributed by atoms with Crippen molar-refractivity contribution in [2.75, 3.05) is 17.2 Å². The second-order valence-electron chi connectivity index (χ2n) is 10.2. The quantitative estimate of drug-likeness (QED) is 0.328. The molecule has 8 heteroatoms. The Hall–Kier alpha value is -4.17. The van der Waals surface area contributed by atoms with Gasteiger partial charge in [0.05, 0.1) is 18.1 Å². The van der Waals surface area contributed by atoms with Gasteiger partial charge in [-0.2, -0.15) is 0 Å². The van der Waals surface area contributed by atoms with Crippen LogP contribution in [0.1, 0.15) is 42.9 Å². The van der Waals surface area contributed by atoms with Gasteiger partial charge < -0.3 is 25.6 Å². The molecule has 0 spiro atoms. The van der Waals surface area contributed by atoms with Crippen molar-refractivity contribution in [1.82, 2.24) is 0 Å². The van der Waals surface area contributed by atoms with Gasteiger partial charge in [0.25, 0.3) is 0 Å². The van der Waals surface area contributed by atoms with Gasteiger partial charge in [-0.05, 0) is 68.7 Å². The lowest BCUT2D eigenvalue weighted by Gasteiger charge is -2.44. The van der Waals surface area contributed by atoms with Gasteiger partial charge in [-0.3, -0.25) is 14.4 Å². The first-order chi connectivity index (χ1) is 18.5. The predicted molar refractivity (Wildman–Crippen MR) is 149 cm³/mol. The van der Waals surface area contributed by atoms with Crippen LogP contribution < -0.4 is 15.4 Å². The molecular formula is C31H34N2O6. The lowest BCUT2D eigenvalue weighted by molar-refractivity contribution is -0.150. The molecule has 1 fully saturated rings. The van der Waals surface area contributed by atoms with Crippen molar-refractivity contribution < 1.29 is 29.3 Å². The molecule has 3 aromatic carbocycles. The van der Waals surface area contributed by atoms with E-state index in [1.165, 1.54) is 19.1 Å². The molecular weight excluding hydrogens is 496 g/mol. The van der Waals surface area contributed by atoms with Crippen molar-refractivity contribution in [2.24, 2.45) is 11.8 Å². The lowest BCUT2D eigenvalue weighted by atomic mass is 9.61. The molecule has 2 amide bonds. The number of phenols is 1. The van der Waals surface area contributed by atoms with Crippen LogP contribution in [0.25, 0.3) is 0 Å². The summed E-state index contributed by atoms with van der Waals surface area (Å²) in [6.07, 6.45) is -0.377. The summed E-state index contributed by atoms with van der Waals surface area (Å²) < 4.78 is 5.56. The molecule has 0 aliphatic heterocycles. The van der Waals surface area contributed by atoms with Crippen molar-refractivity contribution in [2.45, 2.75) is 45.6 Å². The van der Waals surface area contributed by atoms with Gasteiger partial charge in [0.15, 0.2) is 11.5 Å². The van der Waals surface area contributed by atoms with E-state index in [1.807, 2.05) is 38.1 Å². The summed E-state index contributed by atoms with van der Waals surface area (Å²) in [6, 6.07) is 18.9. The molecule has 39 heavy (non-hydrogen) atoms. The molecule has 0 radical (unpaired) electrons. The van der Waals surface area contributed by atoms with E-state index in [-0.39, 0.29) is 24.5 Å². The van der Waals surface area contributed by atoms with Crippen LogP contribution in [0.5, 0.6) is 11.5 Å². The number of carbonyl (C=O) groups is 3. The maximum absolute atomic E-state index is 13.9. The standard InChI is InChI=1S/C31H34N2O6/c1-5-39-25-16-20(14-15-23(25)34)26-27(29(36)32-21-12-8-6-10-18(21)2)24(35)17-31(4,38)28(26)30(37)33-22-13-9-7-11-19(22)3/h6-16,26-28,34,38H,5,17H2,1-4H3,(H,32,36)(H,33,37). The Morgan fingerprint density at radius 3 is 2.08 bits per heavy atom. The first kappa shape index (κ1) is 27.9. The zero-order chi connectivity index (χ0) is 28.3. The lowest BCUT2D eigenvalue weighted by Crippen LogP contribution is -2.56. The molecule has 4 rings (SSSR count). The molecule has 8 nitrogen and oxygen atoms in total. The van der Waals surface area contributed by atoms with E-state index >= 15 is 0 Å². The smallest absolute Gasteiger partial charge is 0.235 e. The Kier molecular flexibility index (Phi) is 8.06. The number of para-hydroxylation sites is 2. The Bertz CT molecular complexity index is 1400. The number of aliphatic hydroxyl groups is 1. The van der Waals surface area contributed by atoms with E-state index in [4.69, 9.17) is 4.74 Å². The van der Waals surface area contributed by atoms with Crippen LogP contribution in [0, 0.1) is 25.7 Å². The number of Topliss-reactive ketones (excluding diaryl/α,β-unsaturated/α-hetero) is 1. The summed E-state index contributed by atoms with van der Waals surface area (Å²) in [5.74, 6) is -5.05. The van der Waals surface area contributed by atoms with Gasteiger partial charge in [0.2, 0.25) is 11.8 Å². The minimum absolute atomic E-state index is 0.115. The highest BCUT2D eigenvalue weighted by atomic mass is 16.5. The Morgan fingerprint density at radius 2 is 1.51 bits per heavy atom. The molecule has 4 N–H and O–H groups in total. The van der Waals surface area contributed by atoms with Crippen molar-refractivity contribution in [3.63, 3.8) is 0 Å². The molecule has 0 saturated heterocycles. The maximum atomic E-state index is 13.9. The average Bonchev–Trinajstić information content (AvgIpc) is 2.87. The maximum Gasteiger partial charge on any atom is 0.235 e. The van der Waals surface area contributed by atoms with Crippen LogP contribution in [-0.2, 0) is 14.4 Å². The Labute approximate surface area is 228 Å². The van der Waals surface area contributed by atoms with Crippen LogP contribution in [0.4, 0.5) is 11.4 Å². The molecule has 1 aliphatic rings. The first-order valence-corrected chi connectivity index (χ1v) is 13.0. The van der Waals surface area contributed by atoms with Crippen molar-refractivity contribution in [1.29, 1.82) is 0 Å². The van der Waals surface area contributed by atoms with E-state index in [2.05, 4.69) is 10.6 Å². The number of aryl methyl sites for hydroxylation is 2. The molecule has 4 atom stereocenters. The minimum Gasteiger partial charge on any atom is -0.504 e. The molecule has 1 aliphatic carbocycles. The number of benzene rings is 3. The minimum atomic E-state index is -1.75. The SMILES string of the molecule is CCOc1cc(C2C(C(=O)Nc3ccccc3C)C(=O)CC(C)(O)C2C(=O)Nc2ccccc2C)ccc1O. The largest absolute Gasteiger partial charge is 0.504 e. The fourth-order valence-corrected chi connectivity index (χ4v) is 5.35. The van der Waals surface area contributed by atoms with Gasteiger partial charge >= 0.3 is 0 Å². The molecule has 0 heterocycles. The Balaban J connectivity index is 1.83. The number of rotatable bonds is 7. The van der Waals surface area contributed by atoms with Crippen LogP contribution >= 0.6 is 0 Å². The summed E-state index contributed by atoms with van der Waals surface area (Å²) in [5.41, 5.74) is 1.42.